The molecule has 0 bridgehead atoms. The van der Waals surface area contributed by atoms with Crippen molar-refractivity contribution >= 4 is 66.5 Å². The van der Waals surface area contributed by atoms with Crippen molar-refractivity contribution in [1.29, 1.82) is 0 Å². The summed E-state index contributed by atoms with van der Waals surface area (Å²) in [7, 11) is -5.81. The largest absolute Gasteiger partial charge is 0.569 e. The maximum Gasteiger partial charge on any atom is 0.569 e. The zero-order chi connectivity index (χ0) is 38.4. The summed E-state index contributed by atoms with van der Waals surface area (Å²) in [6.07, 6.45) is 6.32. The van der Waals surface area contributed by atoms with E-state index in [0.717, 1.165) is 64.5 Å². The summed E-state index contributed by atoms with van der Waals surface area (Å²) >= 11 is 3.46. The number of benzene rings is 4. The van der Waals surface area contributed by atoms with Crippen LogP contribution in [0.15, 0.2) is 99.2 Å². The Morgan fingerprint density at radius 1 is 0.692 bits per heavy atom. The van der Waals surface area contributed by atoms with Gasteiger partial charge in [0, 0.05) is 54.3 Å². The van der Waals surface area contributed by atoms with E-state index in [2.05, 4.69) is 46.6 Å². The Morgan fingerprint density at radius 2 is 1.12 bits per heavy atom. The molecule has 0 aromatic heterocycles. The SMILES string of the molecule is CC(=O)N1c2ccc(-c3ccc(S(C)(=O)=O)cc3)cc2CC[C@@H]1C.CC(=O)N1c2ccc(Br)cc2CC[C@@H]1C.CS(=O)(=O)c1ccc(O[B]O)cc1. The van der Waals surface area contributed by atoms with Gasteiger partial charge in [-0.1, -0.05) is 34.1 Å². The van der Waals surface area contributed by atoms with Gasteiger partial charge in [0.05, 0.1) is 9.79 Å². The number of halogens is 1. The Balaban J connectivity index is 0.000000186. The number of carbonyl (C=O) groups is 2. The smallest absolute Gasteiger partial charge is 0.537 e. The fourth-order valence-corrected chi connectivity index (χ4v) is 8.00. The van der Waals surface area contributed by atoms with Crippen LogP contribution in [0.25, 0.3) is 11.1 Å². The first-order valence-electron chi connectivity index (χ1n) is 16.6. The first-order valence-corrected chi connectivity index (χ1v) is 21.2. The molecule has 0 saturated carbocycles. The third kappa shape index (κ3) is 10.3. The van der Waals surface area contributed by atoms with Gasteiger partial charge in [-0.25, -0.2) is 16.8 Å². The molecular formula is C38H43BBrN2O8S2. The molecule has 2 amide bonds. The van der Waals surface area contributed by atoms with Crippen LogP contribution >= 0.6 is 15.9 Å². The summed E-state index contributed by atoms with van der Waals surface area (Å²) in [5, 5.41) is 8.28. The monoisotopic (exact) mass is 809 g/mol. The fourth-order valence-electron chi connectivity index (χ4n) is 6.33. The molecule has 52 heavy (non-hydrogen) atoms. The standard InChI is InChI=1S/C19H21NO3S.C12H14BrNO.C7H8BO4S/c1-13-4-5-17-12-16(8-11-19(17)20(13)14(2)21)15-6-9-18(10-7-15)24(3,22)23;1-8-3-4-10-7-11(13)5-6-12(10)14(8)9(2)15;1-13(10,11)7-4-2-6(3-5-7)12-8-9/h6-13H,4-5H2,1-3H3;5-8H,3-4H2,1-2H3;2-5,9H,1H3/t13-;8-;/m00./s1. The molecular weight excluding hydrogens is 767 g/mol. The van der Waals surface area contributed by atoms with E-state index in [0.29, 0.717) is 24.4 Å². The highest BCUT2D eigenvalue weighted by atomic mass is 79.9. The molecule has 2 heterocycles. The zero-order valence-electron chi connectivity index (χ0n) is 30.0. The van der Waals surface area contributed by atoms with Crippen molar-refractivity contribution < 1.29 is 36.1 Å². The Hall–Kier alpha value is -3.98. The Labute approximate surface area is 316 Å². The number of hydrogen-bond donors (Lipinski definition) is 1. The number of rotatable bonds is 5. The van der Waals surface area contributed by atoms with Gasteiger partial charge in [0.1, 0.15) is 5.75 Å². The van der Waals surface area contributed by atoms with E-state index in [9.17, 15) is 26.4 Å². The Kier molecular flexibility index (Phi) is 13.5. The summed E-state index contributed by atoms with van der Waals surface area (Å²) in [5.74, 6) is 0.578. The number of aryl methyl sites for hydroxylation is 2. The Morgan fingerprint density at radius 3 is 1.56 bits per heavy atom. The topological polar surface area (TPSA) is 138 Å². The molecule has 2 atom stereocenters. The van der Waals surface area contributed by atoms with Crippen molar-refractivity contribution in [3.05, 3.63) is 101 Å². The van der Waals surface area contributed by atoms with Crippen molar-refractivity contribution in [2.24, 2.45) is 0 Å². The zero-order valence-corrected chi connectivity index (χ0v) is 33.3. The lowest BCUT2D eigenvalue weighted by Crippen LogP contribution is -2.40. The highest BCUT2D eigenvalue weighted by Gasteiger charge is 2.27. The number of sulfone groups is 2. The summed E-state index contributed by atoms with van der Waals surface area (Å²) in [4.78, 5) is 27.8. The van der Waals surface area contributed by atoms with Crippen LogP contribution in [0.1, 0.15) is 51.7 Å². The number of anilines is 2. The van der Waals surface area contributed by atoms with Gasteiger partial charge in [0.25, 0.3) is 0 Å². The molecule has 275 valence electrons. The van der Waals surface area contributed by atoms with Gasteiger partial charge < -0.3 is 19.5 Å². The van der Waals surface area contributed by atoms with Gasteiger partial charge in [-0.15, -0.1) is 0 Å². The lowest BCUT2D eigenvalue weighted by molar-refractivity contribution is -0.117. The van der Waals surface area contributed by atoms with Crippen LogP contribution in [0.5, 0.6) is 5.75 Å². The molecule has 0 saturated heterocycles. The fraction of sp³-hybridized carbons (Fsp3) is 0.316. The number of nitrogens with zero attached hydrogens (tertiary/aromatic N) is 2. The Bertz CT molecular complexity index is 2130. The number of fused-ring (bicyclic) bond motifs is 2. The molecule has 0 unspecified atom stereocenters. The third-order valence-electron chi connectivity index (χ3n) is 8.92. The summed E-state index contributed by atoms with van der Waals surface area (Å²) in [6.45, 7) is 7.41. The molecule has 2 aliphatic heterocycles. The lowest BCUT2D eigenvalue weighted by Gasteiger charge is -2.34. The maximum atomic E-state index is 11.9. The predicted molar refractivity (Wildman–Crippen MR) is 209 cm³/mol. The van der Waals surface area contributed by atoms with Gasteiger partial charge in [-0.3, -0.25) is 9.59 Å². The molecule has 0 fully saturated rings. The second kappa shape index (κ2) is 17.2. The van der Waals surface area contributed by atoms with Crippen LogP contribution in [-0.4, -0.2) is 66.0 Å². The normalized spacial score (nSPS) is 16.5. The van der Waals surface area contributed by atoms with Crippen LogP contribution < -0.4 is 14.5 Å². The van der Waals surface area contributed by atoms with E-state index >= 15 is 0 Å². The van der Waals surface area contributed by atoms with Crippen molar-refractivity contribution in [2.75, 3.05) is 22.3 Å². The van der Waals surface area contributed by atoms with E-state index in [4.69, 9.17) is 5.02 Å². The average molecular weight is 811 g/mol. The molecule has 14 heteroatoms. The second-order valence-electron chi connectivity index (χ2n) is 12.9. The second-order valence-corrected chi connectivity index (χ2v) is 17.9. The van der Waals surface area contributed by atoms with Crippen LogP contribution in [0, 0.1) is 0 Å². The molecule has 1 radical (unpaired) electrons. The quantitative estimate of drug-likeness (QED) is 0.224. The third-order valence-corrected chi connectivity index (χ3v) is 11.7. The molecule has 1 N–H and O–H groups in total. The van der Waals surface area contributed by atoms with Crippen LogP contribution in [0.2, 0.25) is 0 Å². The number of hydrogen-bond acceptors (Lipinski definition) is 8. The van der Waals surface area contributed by atoms with Gasteiger partial charge >= 0.3 is 7.69 Å². The molecule has 4 aromatic rings. The minimum atomic E-state index is -3.18. The molecule has 4 aromatic carbocycles. The number of carbonyl (C=O) groups excluding carboxylic acids is 2. The van der Waals surface area contributed by atoms with Gasteiger partial charge in [0.2, 0.25) is 11.8 Å². The lowest BCUT2D eigenvalue weighted by atomic mass is 9.93. The highest BCUT2D eigenvalue weighted by molar-refractivity contribution is 9.10. The van der Waals surface area contributed by atoms with E-state index in [1.807, 2.05) is 46.2 Å². The van der Waals surface area contributed by atoms with Crippen molar-refractivity contribution in [3.63, 3.8) is 0 Å². The first-order chi connectivity index (χ1) is 24.4. The summed E-state index contributed by atoms with van der Waals surface area (Å²) in [6, 6.07) is 25.4. The maximum absolute atomic E-state index is 11.9. The molecule has 6 rings (SSSR count). The molecule has 2 aliphatic rings. The van der Waals surface area contributed by atoms with Gasteiger partial charge in [-0.2, -0.15) is 0 Å². The molecule has 0 aliphatic carbocycles. The summed E-state index contributed by atoms with van der Waals surface area (Å²) in [5.41, 5.74) is 6.48. The predicted octanol–water partition coefficient (Wildman–Crippen LogP) is 6.58. The molecule has 0 spiro atoms. The van der Waals surface area contributed by atoms with E-state index < -0.39 is 19.7 Å². The molecule has 10 nitrogen and oxygen atoms in total. The minimum absolute atomic E-state index is 0.0636. The van der Waals surface area contributed by atoms with Crippen LogP contribution in [0.4, 0.5) is 11.4 Å². The average Bonchev–Trinajstić information content (AvgIpc) is 3.08. The van der Waals surface area contributed by atoms with Crippen molar-refractivity contribution in [2.45, 2.75) is 75.3 Å². The van der Waals surface area contributed by atoms with Crippen molar-refractivity contribution in [3.8, 4) is 16.9 Å². The first kappa shape index (κ1) is 40.8. The van der Waals surface area contributed by atoms with Gasteiger partial charge in [-0.05, 0) is 129 Å². The van der Waals surface area contributed by atoms with Gasteiger partial charge in [0.15, 0.2) is 19.7 Å². The van der Waals surface area contributed by atoms with Crippen LogP contribution in [-0.2, 0) is 42.1 Å². The van der Waals surface area contributed by atoms with E-state index in [1.165, 1.54) is 36.1 Å². The van der Waals surface area contributed by atoms with Crippen molar-refractivity contribution in [1.82, 2.24) is 0 Å². The highest BCUT2D eigenvalue weighted by Crippen LogP contribution is 2.35. The van der Waals surface area contributed by atoms with Crippen LogP contribution in [0.3, 0.4) is 0 Å². The summed E-state index contributed by atoms with van der Waals surface area (Å²) < 4.78 is 50.8. The van der Waals surface area contributed by atoms with E-state index in [-0.39, 0.29) is 22.8 Å². The number of amides is 2. The van der Waals surface area contributed by atoms with E-state index in [1.54, 1.807) is 26.0 Å². The minimum Gasteiger partial charge on any atom is -0.537 e.